The molecule has 0 saturated heterocycles. The Morgan fingerprint density at radius 1 is 0.917 bits per heavy atom. The van der Waals surface area contributed by atoms with Gasteiger partial charge in [-0.25, -0.2) is 0 Å². The van der Waals surface area contributed by atoms with Crippen LogP contribution >= 0.6 is 0 Å². The number of benzene rings is 2. The molecule has 1 aliphatic rings. The summed E-state index contributed by atoms with van der Waals surface area (Å²) < 4.78 is 0. The molecule has 0 aliphatic heterocycles. The fraction of sp³-hybridized carbons (Fsp3) is 0.158. The monoisotopic (exact) mass is 319 g/mol. The first-order valence-corrected chi connectivity index (χ1v) is 7.99. The Balaban J connectivity index is 1.49. The molecular weight excluding hydrogens is 302 g/mol. The Kier molecular flexibility index (Phi) is 3.54. The average molecular weight is 319 g/mol. The average Bonchev–Trinajstić information content (AvgIpc) is 3.34. The van der Waals surface area contributed by atoms with E-state index >= 15 is 0 Å². The van der Waals surface area contributed by atoms with Crippen LogP contribution in [0.1, 0.15) is 23.3 Å². The van der Waals surface area contributed by atoms with Gasteiger partial charge < -0.3 is 15.6 Å². The lowest BCUT2D eigenvalue weighted by atomic mass is 10.2. The van der Waals surface area contributed by atoms with E-state index in [0.29, 0.717) is 17.1 Å². The predicted molar refractivity (Wildman–Crippen MR) is 94.0 cm³/mol. The third-order valence-corrected chi connectivity index (χ3v) is 4.11. The molecule has 3 aromatic rings. The fourth-order valence-electron chi connectivity index (χ4n) is 2.66. The number of H-pyrrole nitrogens is 1. The van der Waals surface area contributed by atoms with Gasteiger partial charge in [0.15, 0.2) is 0 Å². The fourth-order valence-corrected chi connectivity index (χ4v) is 2.66. The van der Waals surface area contributed by atoms with Crippen LogP contribution in [0.4, 0.5) is 11.4 Å². The zero-order chi connectivity index (χ0) is 16.5. The zero-order valence-electron chi connectivity index (χ0n) is 13.0. The van der Waals surface area contributed by atoms with Gasteiger partial charge in [-0.05, 0) is 43.2 Å². The lowest BCUT2D eigenvalue weighted by molar-refractivity contribution is -0.117. The third-order valence-electron chi connectivity index (χ3n) is 4.11. The Morgan fingerprint density at radius 3 is 2.42 bits per heavy atom. The first-order chi connectivity index (χ1) is 11.7. The van der Waals surface area contributed by atoms with Gasteiger partial charge in [0.1, 0.15) is 5.69 Å². The van der Waals surface area contributed by atoms with Gasteiger partial charge in [0, 0.05) is 28.2 Å². The van der Waals surface area contributed by atoms with Gasteiger partial charge in [0.25, 0.3) is 5.91 Å². The molecule has 1 aliphatic carbocycles. The van der Waals surface area contributed by atoms with E-state index in [1.807, 2.05) is 42.5 Å². The van der Waals surface area contributed by atoms with Crippen LogP contribution in [-0.4, -0.2) is 16.8 Å². The Labute approximate surface area is 139 Å². The number of hydrogen-bond acceptors (Lipinski definition) is 2. The Hall–Kier alpha value is -3.08. The minimum atomic E-state index is -0.211. The van der Waals surface area contributed by atoms with E-state index in [1.54, 1.807) is 12.1 Å². The van der Waals surface area contributed by atoms with Gasteiger partial charge in [0.2, 0.25) is 5.91 Å². The quantitative estimate of drug-likeness (QED) is 0.685. The molecule has 1 saturated carbocycles. The molecule has 2 aromatic carbocycles. The minimum absolute atomic E-state index is 0.0501. The maximum Gasteiger partial charge on any atom is 0.272 e. The number of carbonyl (C=O) groups is 2. The Morgan fingerprint density at radius 2 is 1.67 bits per heavy atom. The van der Waals surface area contributed by atoms with E-state index in [1.165, 1.54) is 0 Å². The number of amides is 2. The number of aromatic nitrogens is 1. The van der Waals surface area contributed by atoms with Crippen LogP contribution in [0.5, 0.6) is 0 Å². The van der Waals surface area contributed by atoms with E-state index < -0.39 is 0 Å². The van der Waals surface area contributed by atoms with Crippen LogP contribution in [0, 0.1) is 5.92 Å². The van der Waals surface area contributed by atoms with Crippen LogP contribution in [0.2, 0.25) is 0 Å². The summed E-state index contributed by atoms with van der Waals surface area (Å²) in [6, 6.07) is 16.8. The highest BCUT2D eigenvalue weighted by Gasteiger charge is 2.29. The summed E-state index contributed by atoms with van der Waals surface area (Å²) in [5.41, 5.74) is 2.77. The molecule has 1 aromatic heterocycles. The molecule has 1 heterocycles. The maximum absolute atomic E-state index is 12.4. The summed E-state index contributed by atoms with van der Waals surface area (Å²) in [6.45, 7) is 0. The number of carbonyl (C=O) groups excluding carboxylic acids is 2. The molecule has 1 fully saturated rings. The summed E-state index contributed by atoms with van der Waals surface area (Å²) in [7, 11) is 0. The van der Waals surface area contributed by atoms with Gasteiger partial charge in [-0.1, -0.05) is 24.3 Å². The van der Waals surface area contributed by atoms with E-state index in [2.05, 4.69) is 15.6 Å². The van der Waals surface area contributed by atoms with E-state index in [9.17, 15) is 9.59 Å². The summed E-state index contributed by atoms with van der Waals surface area (Å²) in [5, 5.41) is 6.73. The van der Waals surface area contributed by atoms with E-state index in [0.717, 1.165) is 23.7 Å². The molecule has 3 N–H and O–H groups in total. The molecule has 5 nitrogen and oxygen atoms in total. The van der Waals surface area contributed by atoms with E-state index in [-0.39, 0.29) is 17.7 Å². The molecule has 120 valence electrons. The van der Waals surface area contributed by atoms with Gasteiger partial charge in [0.05, 0.1) is 0 Å². The molecule has 0 radical (unpaired) electrons. The molecule has 4 rings (SSSR count). The number of nitrogens with one attached hydrogen (secondary N) is 3. The number of para-hydroxylation sites is 1. The number of aromatic amines is 1. The standard InChI is InChI=1S/C19H17N3O2/c23-18(12-8-9-12)20-14-5-3-6-15(11-14)21-19(24)17-10-13-4-1-2-7-16(13)22-17/h1-7,10-12,22H,8-9H2,(H,20,23)(H,21,24). The van der Waals surface area contributed by atoms with Crippen molar-refractivity contribution in [3.63, 3.8) is 0 Å². The van der Waals surface area contributed by atoms with E-state index in [4.69, 9.17) is 0 Å². The lowest BCUT2D eigenvalue weighted by Crippen LogP contribution is -2.15. The molecule has 0 unspecified atom stereocenters. The predicted octanol–water partition coefficient (Wildman–Crippen LogP) is 3.77. The zero-order valence-corrected chi connectivity index (χ0v) is 13.0. The van der Waals surface area contributed by atoms with Crippen molar-refractivity contribution in [1.82, 2.24) is 4.98 Å². The largest absolute Gasteiger partial charge is 0.351 e. The van der Waals surface area contributed by atoms with Crippen molar-refractivity contribution in [2.45, 2.75) is 12.8 Å². The normalized spacial score (nSPS) is 13.7. The molecule has 5 heteroatoms. The van der Waals surface area contributed by atoms with Gasteiger partial charge in [-0.15, -0.1) is 0 Å². The van der Waals surface area contributed by atoms with Crippen molar-refractivity contribution in [1.29, 1.82) is 0 Å². The van der Waals surface area contributed by atoms with Gasteiger partial charge in [-0.3, -0.25) is 9.59 Å². The van der Waals surface area contributed by atoms with Gasteiger partial charge >= 0.3 is 0 Å². The number of hydrogen-bond donors (Lipinski definition) is 3. The number of rotatable bonds is 4. The number of anilines is 2. The summed E-state index contributed by atoms with van der Waals surface area (Å²) in [5.74, 6) is -0.0134. The second-order valence-electron chi connectivity index (χ2n) is 6.07. The molecule has 0 spiro atoms. The topological polar surface area (TPSA) is 74.0 Å². The molecule has 24 heavy (non-hydrogen) atoms. The van der Waals surface area contributed by atoms with Crippen molar-refractivity contribution < 1.29 is 9.59 Å². The summed E-state index contributed by atoms with van der Waals surface area (Å²) in [6.07, 6.45) is 1.92. The minimum Gasteiger partial charge on any atom is -0.351 e. The highest BCUT2D eigenvalue weighted by atomic mass is 16.2. The highest BCUT2D eigenvalue weighted by Crippen LogP contribution is 2.30. The smallest absolute Gasteiger partial charge is 0.272 e. The second-order valence-corrected chi connectivity index (χ2v) is 6.07. The molecular formula is C19H17N3O2. The van der Waals surface area contributed by atoms with Crippen molar-refractivity contribution in [2.24, 2.45) is 5.92 Å². The summed E-state index contributed by atoms with van der Waals surface area (Å²) >= 11 is 0. The van der Waals surface area contributed by atoms with Crippen LogP contribution in [0.3, 0.4) is 0 Å². The Bertz CT molecular complexity index is 892. The first kappa shape index (κ1) is 14.5. The molecule has 0 bridgehead atoms. The maximum atomic E-state index is 12.4. The van der Waals surface area contributed by atoms with Crippen LogP contribution in [-0.2, 0) is 4.79 Å². The van der Waals surface area contributed by atoms with Crippen molar-refractivity contribution in [3.8, 4) is 0 Å². The van der Waals surface area contributed by atoms with Crippen LogP contribution < -0.4 is 10.6 Å². The summed E-state index contributed by atoms with van der Waals surface area (Å²) in [4.78, 5) is 27.3. The van der Waals surface area contributed by atoms with Crippen molar-refractivity contribution >= 4 is 34.1 Å². The van der Waals surface area contributed by atoms with Crippen LogP contribution in [0.25, 0.3) is 10.9 Å². The second kappa shape index (κ2) is 5.85. The lowest BCUT2D eigenvalue weighted by Gasteiger charge is -2.08. The van der Waals surface area contributed by atoms with Gasteiger partial charge in [-0.2, -0.15) is 0 Å². The first-order valence-electron chi connectivity index (χ1n) is 7.99. The third kappa shape index (κ3) is 3.01. The molecule has 0 atom stereocenters. The molecule has 2 amide bonds. The van der Waals surface area contributed by atoms with Crippen molar-refractivity contribution in [2.75, 3.05) is 10.6 Å². The SMILES string of the molecule is O=C(Nc1cccc(NC(=O)C2CC2)c1)c1cc2ccccc2[nH]1. The van der Waals surface area contributed by atoms with Crippen LogP contribution in [0.15, 0.2) is 54.6 Å². The highest BCUT2D eigenvalue weighted by molar-refractivity contribution is 6.06. The van der Waals surface area contributed by atoms with Crippen molar-refractivity contribution in [3.05, 3.63) is 60.3 Å². The number of fused-ring (bicyclic) bond motifs is 1.